The van der Waals surface area contributed by atoms with E-state index in [4.69, 9.17) is 0 Å². The van der Waals surface area contributed by atoms with Crippen LogP contribution in [0.5, 0.6) is 0 Å². The molecule has 2 rings (SSSR count). The lowest BCUT2D eigenvalue weighted by atomic mass is 10.2. The Kier molecular flexibility index (Phi) is 0.981. The van der Waals surface area contributed by atoms with Crippen LogP contribution in [0, 0.1) is 11.8 Å². The fourth-order valence-electron chi connectivity index (χ4n) is 1.55. The number of ketones is 1. The molecule has 0 saturated heterocycles. The Bertz CT molecular complexity index is 169. The van der Waals surface area contributed by atoms with E-state index < -0.39 is 0 Å². The smallest absolute Gasteiger partial charge is 0.158 e. The van der Waals surface area contributed by atoms with E-state index in [0.717, 1.165) is 12.3 Å². The van der Waals surface area contributed by atoms with Gasteiger partial charge in [0.25, 0.3) is 0 Å². The number of allylic oxidation sites excluding steroid dienone is 2. The summed E-state index contributed by atoms with van der Waals surface area (Å²) in [6.45, 7) is 0. The van der Waals surface area contributed by atoms with Gasteiger partial charge in [-0.2, -0.15) is 0 Å². The van der Waals surface area contributed by atoms with E-state index in [1.54, 1.807) is 6.08 Å². The van der Waals surface area contributed by atoms with Gasteiger partial charge in [-0.15, -0.1) is 0 Å². The van der Waals surface area contributed by atoms with Gasteiger partial charge in [0.2, 0.25) is 0 Å². The molecule has 1 nitrogen and oxygen atoms in total. The highest BCUT2D eigenvalue weighted by Crippen LogP contribution is 2.44. The second-order valence-electron chi connectivity index (χ2n) is 2.98. The monoisotopic (exact) mass is 122 g/mol. The minimum Gasteiger partial charge on any atom is -0.295 e. The lowest BCUT2D eigenvalue weighted by molar-refractivity contribution is -0.115. The lowest BCUT2D eigenvalue weighted by Crippen LogP contribution is -1.94. The van der Waals surface area contributed by atoms with Crippen molar-refractivity contribution >= 4 is 5.78 Å². The van der Waals surface area contributed by atoms with Crippen LogP contribution in [0.1, 0.15) is 19.3 Å². The summed E-state index contributed by atoms with van der Waals surface area (Å²) in [4.78, 5) is 11.0. The third-order valence-electron chi connectivity index (χ3n) is 2.27. The number of carbonyl (C=O) groups is 1. The second kappa shape index (κ2) is 1.69. The van der Waals surface area contributed by atoms with Crippen LogP contribution in [0.2, 0.25) is 0 Å². The van der Waals surface area contributed by atoms with E-state index in [0.29, 0.717) is 11.7 Å². The molecule has 1 fully saturated rings. The predicted molar refractivity (Wildman–Crippen MR) is 35.0 cm³/mol. The second-order valence-corrected chi connectivity index (χ2v) is 2.98. The van der Waals surface area contributed by atoms with Crippen molar-refractivity contribution in [2.24, 2.45) is 11.8 Å². The number of fused-ring (bicyclic) bond motifs is 1. The maximum Gasteiger partial charge on any atom is 0.158 e. The maximum absolute atomic E-state index is 11.0. The first kappa shape index (κ1) is 5.21. The van der Waals surface area contributed by atoms with Gasteiger partial charge in [-0.1, -0.05) is 6.08 Å². The molecule has 0 aromatic heterocycles. The maximum atomic E-state index is 11.0. The summed E-state index contributed by atoms with van der Waals surface area (Å²) in [7, 11) is 0. The Morgan fingerprint density at radius 3 is 3.33 bits per heavy atom. The molecule has 2 aliphatic rings. The van der Waals surface area contributed by atoms with Crippen LogP contribution >= 0.6 is 0 Å². The standard InChI is InChI=1S/C8H10O/c9-8-4-2-1-3-6-5-7(6)8/h2,4,6-7H,1,3,5H2/t6-,7+/m1/s1. The molecule has 1 heteroatoms. The first-order valence-electron chi connectivity index (χ1n) is 3.58. The Morgan fingerprint density at radius 1 is 1.56 bits per heavy atom. The largest absolute Gasteiger partial charge is 0.295 e. The fraction of sp³-hybridized carbons (Fsp3) is 0.625. The van der Waals surface area contributed by atoms with Crippen LogP contribution < -0.4 is 0 Å². The predicted octanol–water partition coefficient (Wildman–Crippen LogP) is 1.54. The molecule has 0 amide bonds. The van der Waals surface area contributed by atoms with Gasteiger partial charge in [0.05, 0.1) is 0 Å². The van der Waals surface area contributed by atoms with Gasteiger partial charge in [-0.25, -0.2) is 0 Å². The van der Waals surface area contributed by atoms with E-state index in [1.165, 1.54) is 12.8 Å². The molecule has 0 unspecified atom stereocenters. The van der Waals surface area contributed by atoms with Crippen molar-refractivity contribution in [2.45, 2.75) is 19.3 Å². The van der Waals surface area contributed by atoms with Crippen molar-refractivity contribution in [3.8, 4) is 0 Å². The third-order valence-corrected chi connectivity index (χ3v) is 2.27. The lowest BCUT2D eigenvalue weighted by Gasteiger charge is -1.85. The highest BCUT2D eigenvalue weighted by atomic mass is 16.1. The van der Waals surface area contributed by atoms with Gasteiger partial charge in [0, 0.05) is 5.92 Å². The zero-order valence-electron chi connectivity index (χ0n) is 5.34. The summed E-state index contributed by atoms with van der Waals surface area (Å²) in [5.41, 5.74) is 0. The molecule has 1 saturated carbocycles. The summed E-state index contributed by atoms with van der Waals surface area (Å²) in [5, 5.41) is 0. The topological polar surface area (TPSA) is 17.1 Å². The molecule has 0 N–H and O–H groups in total. The number of hydrogen-bond acceptors (Lipinski definition) is 1. The molecule has 0 aliphatic heterocycles. The first-order chi connectivity index (χ1) is 4.38. The van der Waals surface area contributed by atoms with Crippen molar-refractivity contribution < 1.29 is 4.79 Å². The Balaban J connectivity index is 2.15. The Labute approximate surface area is 54.8 Å². The zero-order valence-corrected chi connectivity index (χ0v) is 5.34. The minimum absolute atomic E-state index is 0.373. The van der Waals surface area contributed by atoms with Gasteiger partial charge in [0.1, 0.15) is 0 Å². The fourth-order valence-corrected chi connectivity index (χ4v) is 1.55. The quantitative estimate of drug-likeness (QED) is 0.476. The van der Waals surface area contributed by atoms with Crippen LogP contribution in [0.25, 0.3) is 0 Å². The van der Waals surface area contributed by atoms with E-state index >= 15 is 0 Å². The SMILES string of the molecule is O=C1C=CCC[C@@H]2C[C@H]12. The van der Waals surface area contributed by atoms with E-state index in [2.05, 4.69) is 0 Å². The van der Waals surface area contributed by atoms with Gasteiger partial charge in [-0.05, 0) is 31.3 Å². The zero-order chi connectivity index (χ0) is 6.27. The molecule has 0 aromatic rings. The molecular formula is C8H10O. The normalized spacial score (nSPS) is 39.8. The number of carbonyl (C=O) groups excluding carboxylic acids is 1. The molecule has 0 spiro atoms. The van der Waals surface area contributed by atoms with Gasteiger partial charge in [0.15, 0.2) is 5.78 Å². The number of rotatable bonds is 0. The van der Waals surface area contributed by atoms with Crippen molar-refractivity contribution in [1.29, 1.82) is 0 Å². The highest BCUT2D eigenvalue weighted by molar-refractivity contribution is 5.94. The summed E-state index contributed by atoms with van der Waals surface area (Å²) in [5.74, 6) is 1.56. The van der Waals surface area contributed by atoms with Crippen LogP contribution in [-0.2, 0) is 4.79 Å². The third kappa shape index (κ3) is 0.805. The summed E-state index contributed by atoms with van der Waals surface area (Å²) in [6.07, 6.45) is 7.30. The van der Waals surface area contributed by atoms with Crippen LogP contribution in [0.15, 0.2) is 12.2 Å². The molecule has 0 radical (unpaired) electrons. The molecule has 0 heterocycles. The number of hydrogen-bond donors (Lipinski definition) is 0. The average Bonchev–Trinajstić information content (AvgIpc) is 2.55. The van der Waals surface area contributed by atoms with Gasteiger partial charge in [-0.3, -0.25) is 4.79 Å². The average molecular weight is 122 g/mol. The van der Waals surface area contributed by atoms with Crippen LogP contribution in [0.3, 0.4) is 0 Å². The Morgan fingerprint density at radius 2 is 2.44 bits per heavy atom. The molecule has 48 valence electrons. The first-order valence-corrected chi connectivity index (χ1v) is 3.58. The van der Waals surface area contributed by atoms with Gasteiger partial charge < -0.3 is 0 Å². The van der Waals surface area contributed by atoms with Crippen LogP contribution in [0.4, 0.5) is 0 Å². The van der Waals surface area contributed by atoms with E-state index in [1.807, 2.05) is 6.08 Å². The minimum atomic E-state index is 0.373. The summed E-state index contributed by atoms with van der Waals surface area (Å²) in [6, 6.07) is 0. The van der Waals surface area contributed by atoms with Crippen LogP contribution in [-0.4, -0.2) is 5.78 Å². The van der Waals surface area contributed by atoms with Gasteiger partial charge >= 0.3 is 0 Å². The molecule has 9 heavy (non-hydrogen) atoms. The Hall–Kier alpha value is -0.590. The molecule has 0 aromatic carbocycles. The molecule has 0 bridgehead atoms. The molecule has 2 atom stereocenters. The molecular weight excluding hydrogens is 112 g/mol. The highest BCUT2D eigenvalue weighted by Gasteiger charge is 2.41. The molecule has 2 aliphatic carbocycles. The van der Waals surface area contributed by atoms with E-state index in [9.17, 15) is 4.79 Å². The van der Waals surface area contributed by atoms with Crippen molar-refractivity contribution in [1.82, 2.24) is 0 Å². The summed E-state index contributed by atoms with van der Waals surface area (Å²) >= 11 is 0. The van der Waals surface area contributed by atoms with Crippen molar-refractivity contribution in [3.63, 3.8) is 0 Å². The summed E-state index contributed by atoms with van der Waals surface area (Å²) < 4.78 is 0. The van der Waals surface area contributed by atoms with Crippen molar-refractivity contribution in [3.05, 3.63) is 12.2 Å². The van der Waals surface area contributed by atoms with E-state index in [-0.39, 0.29) is 0 Å². The van der Waals surface area contributed by atoms with Crippen molar-refractivity contribution in [2.75, 3.05) is 0 Å².